The van der Waals surface area contributed by atoms with E-state index in [4.69, 9.17) is 4.74 Å². The third kappa shape index (κ3) is 11.2. The Kier molecular flexibility index (Phi) is 17.5. The Morgan fingerprint density at radius 2 is 1.80 bits per heavy atom. The van der Waals surface area contributed by atoms with Gasteiger partial charge in [-0.25, -0.2) is 0 Å². The smallest absolute Gasteiger partial charge is 0.114 e. The van der Waals surface area contributed by atoms with Gasteiger partial charge in [-0.05, 0) is 31.4 Å². The van der Waals surface area contributed by atoms with Gasteiger partial charge in [0.05, 0.1) is 6.61 Å². The van der Waals surface area contributed by atoms with E-state index in [0.29, 0.717) is 0 Å². The molecule has 0 fully saturated rings. The summed E-state index contributed by atoms with van der Waals surface area (Å²) in [5.74, 6) is 1.06. The van der Waals surface area contributed by atoms with E-state index in [1.165, 1.54) is 12.8 Å². The lowest BCUT2D eigenvalue weighted by Gasteiger charge is -2.08. The Morgan fingerprint density at radius 3 is 2.27 bits per heavy atom. The molecule has 0 amide bonds. The number of ether oxygens (including phenoxy) is 1. The van der Waals surface area contributed by atoms with Crippen LogP contribution in [0, 0.1) is 0 Å². The molecule has 0 unspecified atom stereocenters. The highest BCUT2D eigenvalue weighted by Gasteiger charge is 1.96. The van der Waals surface area contributed by atoms with Gasteiger partial charge in [-0.15, -0.1) is 0 Å². The molecule has 0 aliphatic heterocycles. The predicted molar refractivity (Wildman–Crippen MR) is 70.0 cm³/mol. The van der Waals surface area contributed by atoms with Gasteiger partial charge in [0.15, 0.2) is 0 Å². The van der Waals surface area contributed by atoms with Crippen LogP contribution in [-0.4, -0.2) is 6.61 Å². The number of rotatable bonds is 4. The van der Waals surface area contributed by atoms with Crippen molar-refractivity contribution in [3.8, 4) is 0 Å². The van der Waals surface area contributed by atoms with Crippen molar-refractivity contribution in [2.75, 3.05) is 6.61 Å². The van der Waals surface area contributed by atoms with Crippen molar-refractivity contribution in [2.24, 2.45) is 0 Å². The molecule has 1 rings (SSSR count). The molecular formula is C14H28O. The molecule has 0 aromatic carbocycles. The van der Waals surface area contributed by atoms with Crippen LogP contribution in [0.2, 0.25) is 0 Å². The molecule has 0 saturated carbocycles. The van der Waals surface area contributed by atoms with Crippen LogP contribution >= 0.6 is 0 Å². The first-order valence-electron chi connectivity index (χ1n) is 6.43. The summed E-state index contributed by atoms with van der Waals surface area (Å²) in [5.41, 5.74) is 0. The minimum absolute atomic E-state index is 0.868. The molecule has 1 nitrogen and oxygen atoms in total. The molecule has 1 aliphatic carbocycles. The van der Waals surface area contributed by atoms with Crippen LogP contribution < -0.4 is 0 Å². The molecule has 0 aromatic rings. The maximum absolute atomic E-state index is 5.50. The molecule has 1 aliphatic rings. The standard InChI is InChI=1S/C10H16O.2C2H6/c1-2-3-9-11-10-7-5-4-6-8-10;2*1-2/h5,7-8H,2-4,6,9H2,1H3;2*1-2H3. The zero-order valence-corrected chi connectivity index (χ0v) is 11.2. The summed E-state index contributed by atoms with van der Waals surface area (Å²) in [6.45, 7) is 11.0. The van der Waals surface area contributed by atoms with Crippen molar-refractivity contribution in [3.63, 3.8) is 0 Å². The zero-order valence-electron chi connectivity index (χ0n) is 11.2. The second-order valence-electron chi connectivity index (χ2n) is 2.79. The summed E-state index contributed by atoms with van der Waals surface area (Å²) >= 11 is 0. The summed E-state index contributed by atoms with van der Waals surface area (Å²) in [5, 5.41) is 0. The van der Waals surface area contributed by atoms with Crippen LogP contribution in [0.3, 0.4) is 0 Å². The van der Waals surface area contributed by atoms with Gasteiger partial charge in [0, 0.05) is 0 Å². The lowest BCUT2D eigenvalue weighted by atomic mass is 10.2. The molecule has 90 valence electrons. The first kappa shape index (κ1) is 16.7. The van der Waals surface area contributed by atoms with Crippen molar-refractivity contribution < 1.29 is 4.74 Å². The number of unbranched alkanes of at least 4 members (excludes halogenated alkanes) is 1. The molecule has 15 heavy (non-hydrogen) atoms. The van der Waals surface area contributed by atoms with Gasteiger partial charge >= 0.3 is 0 Å². The van der Waals surface area contributed by atoms with Crippen molar-refractivity contribution >= 4 is 0 Å². The minimum Gasteiger partial charge on any atom is -0.494 e. The van der Waals surface area contributed by atoms with Crippen LogP contribution in [0.15, 0.2) is 24.0 Å². The second kappa shape index (κ2) is 15.7. The van der Waals surface area contributed by atoms with Gasteiger partial charge < -0.3 is 4.74 Å². The van der Waals surface area contributed by atoms with Gasteiger partial charge in [0.1, 0.15) is 5.76 Å². The molecular weight excluding hydrogens is 184 g/mol. The normalized spacial score (nSPS) is 12.7. The van der Waals surface area contributed by atoms with E-state index in [9.17, 15) is 0 Å². The summed E-state index contributed by atoms with van der Waals surface area (Å²) in [6, 6.07) is 0. The molecule has 0 N–H and O–H groups in total. The van der Waals surface area contributed by atoms with Crippen molar-refractivity contribution in [1.29, 1.82) is 0 Å². The summed E-state index contributed by atoms with van der Waals surface area (Å²) in [6.07, 6.45) is 11.1. The molecule has 0 bridgehead atoms. The largest absolute Gasteiger partial charge is 0.494 e. The van der Waals surface area contributed by atoms with Crippen LogP contribution in [-0.2, 0) is 4.74 Å². The molecule has 0 saturated heterocycles. The lowest BCUT2D eigenvalue weighted by molar-refractivity contribution is 0.217. The van der Waals surface area contributed by atoms with E-state index in [2.05, 4.69) is 25.2 Å². The molecule has 0 heterocycles. The minimum atomic E-state index is 0.868. The Labute approximate surface area is 96.2 Å². The van der Waals surface area contributed by atoms with Crippen LogP contribution in [0.25, 0.3) is 0 Å². The second-order valence-corrected chi connectivity index (χ2v) is 2.79. The van der Waals surface area contributed by atoms with Crippen LogP contribution in [0.5, 0.6) is 0 Å². The molecule has 0 spiro atoms. The third-order valence-electron chi connectivity index (χ3n) is 1.73. The average Bonchev–Trinajstić information content (AvgIpc) is 2.36. The molecule has 1 heteroatoms. The van der Waals surface area contributed by atoms with Crippen LogP contribution in [0.4, 0.5) is 0 Å². The highest BCUT2D eigenvalue weighted by molar-refractivity contribution is 5.15. The summed E-state index contributed by atoms with van der Waals surface area (Å²) < 4.78 is 5.50. The highest BCUT2D eigenvalue weighted by atomic mass is 16.5. The average molecular weight is 212 g/mol. The SMILES string of the molecule is CC.CC.CCCCOC1=CCCC=C1. The van der Waals surface area contributed by atoms with Gasteiger partial charge in [-0.1, -0.05) is 47.1 Å². The van der Waals surface area contributed by atoms with E-state index >= 15 is 0 Å². The summed E-state index contributed by atoms with van der Waals surface area (Å²) in [7, 11) is 0. The van der Waals surface area contributed by atoms with E-state index < -0.39 is 0 Å². The Bertz CT molecular complexity index is 157. The summed E-state index contributed by atoms with van der Waals surface area (Å²) in [4.78, 5) is 0. The maximum atomic E-state index is 5.50. The van der Waals surface area contributed by atoms with E-state index in [0.717, 1.165) is 25.2 Å². The van der Waals surface area contributed by atoms with Crippen molar-refractivity contribution in [2.45, 2.75) is 60.3 Å². The Hall–Kier alpha value is -0.720. The molecule has 0 atom stereocenters. The molecule has 0 aromatic heterocycles. The predicted octanol–water partition coefficient (Wildman–Crippen LogP) is 5.09. The van der Waals surface area contributed by atoms with Crippen molar-refractivity contribution in [3.05, 3.63) is 24.0 Å². The lowest BCUT2D eigenvalue weighted by Crippen LogP contribution is -1.94. The van der Waals surface area contributed by atoms with Gasteiger partial charge in [-0.3, -0.25) is 0 Å². The highest BCUT2D eigenvalue weighted by Crippen LogP contribution is 2.10. The fourth-order valence-electron chi connectivity index (χ4n) is 1.03. The van der Waals surface area contributed by atoms with Crippen molar-refractivity contribution in [1.82, 2.24) is 0 Å². The van der Waals surface area contributed by atoms with Gasteiger partial charge in [0.25, 0.3) is 0 Å². The first-order chi connectivity index (χ1) is 7.43. The van der Waals surface area contributed by atoms with Gasteiger partial charge in [-0.2, -0.15) is 0 Å². The quantitative estimate of drug-likeness (QED) is 0.590. The maximum Gasteiger partial charge on any atom is 0.114 e. The topological polar surface area (TPSA) is 9.23 Å². The Balaban J connectivity index is 0. The molecule has 0 radical (unpaired) electrons. The van der Waals surface area contributed by atoms with Crippen LogP contribution in [0.1, 0.15) is 60.3 Å². The van der Waals surface area contributed by atoms with Gasteiger partial charge in [0.2, 0.25) is 0 Å². The monoisotopic (exact) mass is 212 g/mol. The van der Waals surface area contributed by atoms with E-state index in [1.807, 2.05) is 27.7 Å². The third-order valence-corrected chi connectivity index (χ3v) is 1.73. The fourth-order valence-corrected chi connectivity index (χ4v) is 1.03. The number of hydrogen-bond donors (Lipinski definition) is 0. The number of hydrogen-bond acceptors (Lipinski definition) is 1. The zero-order chi connectivity index (χ0) is 11.9. The first-order valence-corrected chi connectivity index (χ1v) is 6.43. The Morgan fingerprint density at radius 1 is 1.13 bits per heavy atom. The fraction of sp³-hybridized carbons (Fsp3) is 0.714. The van der Waals surface area contributed by atoms with E-state index in [-0.39, 0.29) is 0 Å². The number of allylic oxidation sites excluding steroid dienone is 3. The van der Waals surface area contributed by atoms with E-state index in [1.54, 1.807) is 0 Å².